The first-order valence-electron chi connectivity index (χ1n) is 10.1. The van der Waals surface area contributed by atoms with Crippen LogP contribution in [0.1, 0.15) is 48.8 Å². The van der Waals surface area contributed by atoms with E-state index in [1.54, 1.807) is 18.3 Å². The molecule has 0 radical (unpaired) electrons. The number of ether oxygens (including phenoxy) is 2. The van der Waals surface area contributed by atoms with E-state index in [0.717, 1.165) is 41.4 Å². The molecule has 0 saturated carbocycles. The number of piperidine rings is 1. The van der Waals surface area contributed by atoms with Crippen LogP contribution in [0, 0.1) is 12.8 Å². The van der Waals surface area contributed by atoms with Gasteiger partial charge in [0.1, 0.15) is 10.8 Å². The summed E-state index contributed by atoms with van der Waals surface area (Å²) in [6.07, 6.45) is 2.63. The van der Waals surface area contributed by atoms with Crippen LogP contribution in [0.25, 0.3) is 10.6 Å². The first-order chi connectivity index (χ1) is 14.1. The van der Waals surface area contributed by atoms with Crippen molar-refractivity contribution in [3.05, 3.63) is 34.8 Å². The minimum absolute atomic E-state index is 0.188. The monoisotopic (exact) mass is 434 g/mol. The Morgan fingerprint density at radius 1 is 1.30 bits per heavy atom. The maximum atomic E-state index is 11.5. The molecule has 2 aromatic rings. The van der Waals surface area contributed by atoms with E-state index < -0.39 is 18.0 Å². The normalized spacial score (nSPS) is 17.1. The van der Waals surface area contributed by atoms with Crippen LogP contribution >= 0.6 is 11.3 Å². The zero-order chi connectivity index (χ0) is 21.9. The van der Waals surface area contributed by atoms with Gasteiger partial charge in [0.2, 0.25) is 6.41 Å². The quantitative estimate of drug-likeness (QED) is 0.636. The van der Waals surface area contributed by atoms with Crippen LogP contribution in [-0.4, -0.2) is 57.8 Å². The van der Waals surface area contributed by atoms with E-state index in [1.165, 1.54) is 11.3 Å². The van der Waals surface area contributed by atoms with Gasteiger partial charge >= 0.3 is 5.97 Å². The SMILES string of the molecule is Cc1cnc(-c2cc(OCC3CCN(C(O)OC(C)(C)C)CC3)cc(C(=O)O)c2)s1. The lowest BCUT2D eigenvalue weighted by molar-refractivity contribution is -0.243. The zero-order valence-electron chi connectivity index (χ0n) is 17.9. The van der Waals surface area contributed by atoms with E-state index in [2.05, 4.69) is 4.98 Å². The van der Waals surface area contributed by atoms with Gasteiger partial charge in [-0.25, -0.2) is 9.78 Å². The van der Waals surface area contributed by atoms with Crippen LogP contribution in [0.4, 0.5) is 0 Å². The first-order valence-corrected chi connectivity index (χ1v) is 11.0. The van der Waals surface area contributed by atoms with Crippen molar-refractivity contribution in [1.29, 1.82) is 0 Å². The van der Waals surface area contributed by atoms with Crippen LogP contribution in [0.3, 0.4) is 0 Å². The van der Waals surface area contributed by atoms with E-state index >= 15 is 0 Å². The second kappa shape index (κ2) is 9.43. The molecule has 1 aromatic heterocycles. The molecular formula is C22H30N2O5S. The van der Waals surface area contributed by atoms with Crippen LogP contribution < -0.4 is 4.74 Å². The fourth-order valence-electron chi connectivity index (χ4n) is 3.36. The number of nitrogens with zero attached hydrogens (tertiary/aromatic N) is 2. The molecule has 3 rings (SSSR count). The Kier molecular flexibility index (Phi) is 7.13. The molecule has 30 heavy (non-hydrogen) atoms. The summed E-state index contributed by atoms with van der Waals surface area (Å²) in [6.45, 7) is 9.68. The van der Waals surface area contributed by atoms with Crippen molar-refractivity contribution in [3.63, 3.8) is 0 Å². The second-order valence-electron chi connectivity index (χ2n) is 8.67. The number of aromatic carboxylic acids is 1. The number of aliphatic hydroxyl groups is 1. The van der Waals surface area contributed by atoms with E-state index in [9.17, 15) is 15.0 Å². The lowest BCUT2D eigenvalue weighted by Crippen LogP contribution is -2.46. The number of rotatable bonds is 7. The van der Waals surface area contributed by atoms with Crippen molar-refractivity contribution >= 4 is 17.3 Å². The summed E-state index contributed by atoms with van der Waals surface area (Å²) in [5.41, 5.74) is 0.537. The van der Waals surface area contributed by atoms with Gasteiger partial charge < -0.3 is 19.7 Å². The number of carbonyl (C=O) groups is 1. The summed E-state index contributed by atoms with van der Waals surface area (Å²) in [4.78, 5) is 18.9. The molecule has 1 unspecified atom stereocenters. The van der Waals surface area contributed by atoms with E-state index in [-0.39, 0.29) is 5.56 Å². The molecule has 1 fully saturated rings. The summed E-state index contributed by atoms with van der Waals surface area (Å²) >= 11 is 1.52. The van der Waals surface area contributed by atoms with Crippen molar-refractivity contribution in [2.45, 2.75) is 52.6 Å². The van der Waals surface area contributed by atoms with E-state index in [1.807, 2.05) is 38.7 Å². The predicted molar refractivity (Wildman–Crippen MR) is 116 cm³/mol. The van der Waals surface area contributed by atoms with Gasteiger partial charge in [0.05, 0.1) is 17.8 Å². The highest BCUT2D eigenvalue weighted by Gasteiger charge is 2.27. The fraction of sp³-hybridized carbons (Fsp3) is 0.545. The molecule has 0 spiro atoms. The highest BCUT2D eigenvalue weighted by molar-refractivity contribution is 7.14. The Morgan fingerprint density at radius 3 is 2.57 bits per heavy atom. The molecule has 2 N–H and O–H groups in total. The maximum absolute atomic E-state index is 11.5. The summed E-state index contributed by atoms with van der Waals surface area (Å²) < 4.78 is 11.6. The Hall–Kier alpha value is -2.00. The summed E-state index contributed by atoms with van der Waals surface area (Å²) in [5, 5.41) is 20.5. The molecule has 8 heteroatoms. The topological polar surface area (TPSA) is 92.1 Å². The third kappa shape index (κ3) is 6.25. The zero-order valence-corrected chi connectivity index (χ0v) is 18.7. The highest BCUT2D eigenvalue weighted by Crippen LogP contribution is 2.30. The highest BCUT2D eigenvalue weighted by atomic mass is 32.1. The van der Waals surface area contributed by atoms with Crippen LogP contribution in [0.5, 0.6) is 5.75 Å². The Balaban J connectivity index is 1.60. The molecule has 7 nitrogen and oxygen atoms in total. The minimum atomic E-state index is -0.990. The standard InChI is InChI=1S/C22H30N2O5S/c1-14-12-23-19(30-14)16-9-17(20(25)26)11-18(10-16)28-13-15-5-7-24(8-6-15)21(27)29-22(2,3)4/h9-12,15,21,27H,5-8,13H2,1-4H3,(H,25,26). The smallest absolute Gasteiger partial charge is 0.335 e. The predicted octanol–water partition coefficient (Wildman–Crippen LogP) is 4.00. The van der Waals surface area contributed by atoms with Crippen molar-refractivity contribution in [3.8, 4) is 16.3 Å². The summed E-state index contributed by atoms with van der Waals surface area (Å²) in [6, 6.07) is 5.03. The van der Waals surface area contributed by atoms with Gasteiger partial charge in [-0.15, -0.1) is 11.3 Å². The number of aromatic nitrogens is 1. The number of benzene rings is 1. The molecule has 0 bridgehead atoms. The Morgan fingerprint density at radius 2 is 2.00 bits per heavy atom. The van der Waals surface area contributed by atoms with Gasteiger partial charge in [-0.3, -0.25) is 4.90 Å². The Bertz CT molecular complexity index is 869. The van der Waals surface area contributed by atoms with Gasteiger partial charge in [0.15, 0.2) is 0 Å². The van der Waals surface area contributed by atoms with Crippen molar-refractivity contribution in [2.75, 3.05) is 19.7 Å². The largest absolute Gasteiger partial charge is 0.493 e. The third-order valence-electron chi connectivity index (χ3n) is 4.93. The molecule has 1 aliphatic heterocycles. The number of hydrogen-bond acceptors (Lipinski definition) is 7. The van der Waals surface area contributed by atoms with Gasteiger partial charge in [-0.2, -0.15) is 0 Å². The van der Waals surface area contributed by atoms with Crippen molar-refractivity contribution in [1.82, 2.24) is 9.88 Å². The second-order valence-corrected chi connectivity index (χ2v) is 9.91. The summed E-state index contributed by atoms with van der Waals surface area (Å²) in [5.74, 6) is -0.116. The molecule has 1 aromatic carbocycles. The van der Waals surface area contributed by atoms with E-state index in [4.69, 9.17) is 9.47 Å². The average Bonchev–Trinajstić information content (AvgIpc) is 3.11. The fourth-order valence-corrected chi connectivity index (χ4v) is 4.11. The molecule has 1 atom stereocenters. The number of carboxylic acids is 1. The molecule has 0 amide bonds. The van der Waals surface area contributed by atoms with Gasteiger partial charge in [-0.1, -0.05) is 0 Å². The third-order valence-corrected chi connectivity index (χ3v) is 5.89. The number of likely N-dealkylation sites (tertiary alicyclic amines) is 1. The number of aliphatic hydroxyl groups excluding tert-OH is 1. The molecule has 1 aliphatic rings. The molecular weight excluding hydrogens is 404 g/mol. The molecule has 1 saturated heterocycles. The van der Waals surface area contributed by atoms with Crippen LogP contribution in [0.2, 0.25) is 0 Å². The van der Waals surface area contributed by atoms with Gasteiger partial charge in [-0.05, 0) is 64.7 Å². The lowest BCUT2D eigenvalue weighted by Gasteiger charge is -2.37. The summed E-state index contributed by atoms with van der Waals surface area (Å²) in [7, 11) is 0. The van der Waals surface area contributed by atoms with Crippen molar-refractivity contribution in [2.24, 2.45) is 5.92 Å². The molecule has 164 valence electrons. The Labute approximate surface area is 181 Å². The van der Waals surface area contributed by atoms with Crippen LogP contribution in [-0.2, 0) is 4.74 Å². The van der Waals surface area contributed by atoms with Gasteiger partial charge in [0.25, 0.3) is 0 Å². The van der Waals surface area contributed by atoms with Crippen LogP contribution in [0.15, 0.2) is 24.4 Å². The minimum Gasteiger partial charge on any atom is -0.493 e. The number of carboxylic acid groups (broad SMARTS) is 1. The van der Waals surface area contributed by atoms with E-state index in [0.29, 0.717) is 18.3 Å². The average molecular weight is 435 g/mol. The number of aryl methyl sites for hydroxylation is 1. The maximum Gasteiger partial charge on any atom is 0.335 e. The number of thiazole rings is 1. The first kappa shape index (κ1) is 22.7. The molecule has 2 heterocycles. The van der Waals surface area contributed by atoms with Gasteiger partial charge in [0, 0.05) is 29.7 Å². The number of hydrogen-bond donors (Lipinski definition) is 2. The molecule has 0 aliphatic carbocycles. The van der Waals surface area contributed by atoms with Crippen molar-refractivity contribution < 1.29 is 24.5 Å². The lowest BCUT2D eigenvalue weighted by atomic mass is 9.98.